The maximum atomic E-state index is 13.4. The monoisotopic (exact) mass is 485 g/mol. The smallest absolute Gasteiger partial charge is 0.308 e. The van der Waals surface area contributed by atoms with Gasteiger partial charge in [0.2, 0.25) is 0 Å². The van der Waals surface area contributed by atoms with Crippen LogP contribution in [0.15, 0.2) is 72.3 Å². The topological polar surface area (TPSA) is 93.1 Å². The molecular weight excluding hydrogens is 458 g/mol. The van der Waals surface area contributed by atoms with Gasteiger partial charge in [-0.25, -0.2) is 0 Å². The van der Waals surface area contributed by atoms with E-state index in [2.05, 4.69) is 0 Å². The number of Topliss-reactive ketones (excluding diaryl/α,β-unsaturated/α-hetero) is 1. The van der Waals surface area contributed by atoms with Gasteiger partial charge in [-0.3, -0.25) is 19.3 Å². The average Bonchev–Trinajstić information content (AvgIpc) is 3.14. The van der Waals surface area contributed by atoms with Crippen molar-refractivity contribution < 1.29 is 29.0 Å². The van der Waals surface area contributed by atoms with Crippen molar-refractivity contribution in [1.82, 2.24) is 0 Å². The second-order valence-corrected chi connectivity index (χ2v) is 8.53. The van der Waals surface area contributed by atoms with E-state index in [0.717, 1.165) is 12.0 Å². The predicted octanol–water partition coefficient (Wildman–Crippen LogP) is 5.12. The normalized spacial score (nSPS) is 16.8. The lowest BCUT2D eigenvalue weighted by Crippen LogP contribution is -2.29. The maximum absolute atomic E-state index is 13.4. The minimum atomic E-state index is -0.884. The molecule has 4 rings (SSSR count). The van der Waals surface area contributed by atoms with E-state index in [0.29, 0.717) is 33.9 Å². The summed E-state index contributed by atoms with van der Waals surface area (Å²) in [5.74, 6) is -1.30. The summed E-state index contributed by atoms with van der Waals surface area (Å²) in [4.78, 5) is 39.4. The lowest BCUT2D eigenvalue weighted by Gasteiger charge is -2.26. The Kier molecular flexibility index (Phi) is 6.92. The first-order chi connectivity index (χ1) is 17.2. The molecule has 3 aromatic rings. The van der Waals surface area contributed by atoms with Gasteiger partial charge in [0.15, 0.2) is 0 Å². The van der Waals surface area contributed by atoms with Gasteiger partial charge in [-0.2, -0.15) is 0 Å². The Morgan fingerprint density at radius 3 is 2.17 bits per heavy atom. The second-order valence-electron chi connectivity index (χ2n) is 8.53. The number of carbonyl (C=O) groups is 3. The quantitative estimate of drug-likeness (QED) is 0.171. The average molecular weight is 486 g/mol. The van der Waals surface area contributed by atoms with Gasteiger partial charge in [0.25, 0.3) is 11.7 Å². The number of hydrogen-bond acceptors (Lipinski definition) is 6. The Morgan fingerprint density at radius 1 is 0.972 bits per heavy atom. The molecule has 1 aliphatic rings. The molecule has 0 saturated carbocycles. The van der Waals surface area contributed by atoms with Crippen molar-refractivity contribution in [2.75, 3.05) is 12.0 Å². The molecule has 3 aromatic carbocycles. The molecule has 1 amide bonds. The lowest BCUT2D eigenvalue weighted by molar-refractivity contribution is -0.132. The number of nitrogens with zero attached hydrogens (tertiary/aromatic N) is 1. The summed E-state index contributed by atoms with van der Waals surface area (Å²) in [6.45, 7) is 5.13. The van der Waals surface area contributed by atoms with Crippen molar-refractivity contribution in [2.45, 2.75) is 33.2 Å². The highest BCUT2D eigenvalue weighted by molar-refractivity contribution is 6.51. The molecule has 1 N–H and O–H groups in total. The van der Waals surface area contributed by atoms with E-state index in [1.165, 1.54) is 11.8 Å². The van der Waals surface area contributed by atoms with E-state index >= 15 is 0 Å². The van der Waals surface area contributed by atoms with Crippen LogP contribution in [0.4, 0.5) is 5.69 Å². The Morgan fingerprint density at radius 2 is 1.61 bits per heavy atom. The fourth-order valence-electron chi connectivity index (χ4n) is 4.36. The summed E-state index contributed by atoms with van der Waals surface area (Å²) in [5, 5.41) is 11.4. The first-order valence-corrected chi connectivity index (χ1v) is 11.6. The van der Waals surface area contributed by atoms with Crippen molar-refractivity contribution in [3.05, 3.63) is 94.6 Å². The van der Waals surface area contributed by atoms with Crippen LogP contribution in [0.3, 0.4) is 0 Å². The number of ether oxygens (including phenoxy) is 2. The summed E-state index contributed by atoms with van der Waals surface area (Å²) in [6.07, 6.45) is 0.830. The van der Waals surface area contributed by atoms with Crippen LogP contribution in [-0.4, -0.2) is 29.9 Å². The number of rotatable bonds is 6. The van der Waals surface area contributed by atoms with Crippen LogP contribution in [-0.2, 0) is 20.8 Å². The second kappa shape index (κ2) is 10.1. The molecule has 0 aliphatic carbocycles. The Labute approximate surface area is 209 Å². The zero-order valence-corrected chi connectivity index (χ0v) is 20.6. The summed E-state index contributed by atoms with van der Waals surface area (Å²) in [6, 6.07) is 18.1. The fourth-order valence-corrected chi connectivity index (χ4v) is 4.36. The number of esters is 1. The van der Waals surface area contributed by atoms with Gasteiger partial charge < -0.3 is 14.6 Å². The minimum Gasteiger partial charge on any atom is -0.507 e. The molecule has 0 aromatic heterocycles. The summed E-state index contributed by atoms with van der Waals surface area (Å²) in [5.41, 5.74) is 3.30. The first kappa shape index (κ1) is 24.7. The van der Waals surface area contributed by atoms with Crippen LogP contribution in [0, 0.1) is 6.92 Å². The number of aliphatic hydroxyl groups is 1. The number of ketones is 1. The van der Waals surface area contributed by atoms with Gasteiger partial charge in [-0.15, -0.1) is 0 Å². The Hall–Kier alpha value is -4.39. The number of aliphatic hydroxyl groups excluding tert-OH is 1. The largest absolute Gasteiger partial charge is 0.507 e. The van der Waals surface area contributed by atoms with E-state index in [9.17, 15) is 19.5 Å². The summed E-state index contributed by atoms with van der Waals surface area (Å²) >= 11 is 0. The molecule has 7 heteroatoms. The van der Waals surface area contributed by atoms with Crippen molar-refractivity contribution in [2.24, 2.45) is 0 Å². The SMILES string of the molecule is CCc1ccc(N2C(=O)C(=O)/C(=C(\O)c3ccc(OC)cc3C)C2c2ccc(OC(C)=O)cc2)cc1. The van der Waals surface area contributed by atoms with Crippen molar-refractivity contribution in [1.29, 1.82) is 0 Å². The number of benzene rings is 3. The van der Waals surface area contributed by atoms with Crippen LogP contribution >= 0.6 is 0 Å². The van der Waals surface area contributed by atoms with Crippen molar-refractivity contribution in [3.8, 4) is 11.5 Å². The third-order valence-electron chi connectivity index (χ3n) is 6.21. The van der Waals surface area contributed by atoms with E-state index in [1.54, 1.807) is 68.6 Å². The molecule has 1 atom stereocenters. The van der Waals surface area contributed by atoms with E-state index in [-0.39, 0.29) is 11.3 Å². The summed E-state index contributed by atoms with van der Waals surface area (Å²) in [7, 11) is 1.54. The number of methoxy groups -OCH3 is 1. The van der Waals surface area contributed by atoms with Crippen LogP contribution in [0.1, 0.15) is 42.1 Å². The molecule has 1 saturated heterocycles. The molecule has 36 heavy (non-hydrogen) atoms. The Bertz CT molecular complexity index is 1360. The Balaban J connectivity index is 1.90. The molecule has 1 aliphatic heterocycles. The zero-order chi connectivity index (χ0) is 26.0. The van der Waals surface area contributed by atoms with Crippen molar-refractivity contribution in [3.63, 3.8) is 0 Å². The van der Waals surface area contributed by atoms with Gasteiger partial charge in [-0.1, -0.05) is 31.2 Å². The molecule has 0 radical (unpaired) electrons. The van der Waals surface area contributed by atoms with Crippen LogP contribution in [0.5, 0.6) is 11.5 Å². The number of amides is 1. The predicted molar refractivity (Wildman–Crippen MR) is 136 cm³/mol. The first-order valence-electron chi connectivity index (χ1n) is 11.6. The van der Waals surface area contributed by atoms with E-state index in [1.807, 2.05) is 19.1 Å². The molecule has 184 valence electrons. The highest BCUT2D eigenvalue weighted by atomic mass is 16.5. The lowest BCUT2D eigenvalue weighted by atomic mass is 9.93. The number of carbonyl (C=O) groups excluding carboxylic acids is 3. The highest BCUT2D eigenvalue weighted by Crippen LogP contribution is 2.43. The van der Waals surface area contributed by atoms with Crippen molar-refractivity contribution >= 4 is 29.1 Å². The maximum Gasteiger partial charge on any atom is 0.308 e. The third kappa shape index (κ3) is 4.60. The van der Waals surface area contributed by atoms with Crippen LogP contribution in [0.2, 0.25) is 0 Å². The number of anilines is 1. The number of hydrogen-bond donors (Lipinski definition) is 1. The van der Waals surface area contributed by atoms with Gasteiger partial charge in [0.05, 0.1) is 18.7 Å². The highest BCUT2D eigenvalue weighted by Gasteiger charge is 2.47. The number of aryl methyl sites for hydroxylation is 2. The molecular formula is C29H27NO6. The fraction of sp³-hybridized carbons (Fsp3) is 0.207. The van der Waals surface area contributed by atoms with Crippen LogP contribution < -0.4 is 14.4 Å². The third-order valence-corrected chi connectivity index (χ3v) is 6.21. The van der Waals surface area contributed by atoms with Gasteiger partial charge in [0, 0.05) is 18.2 Å². The van der Waals surface area contributed by atoms with E-state index in [4.69, 9.17) is 9.47 Å². The summed E-state index contributed by atoms with van der Waals surface area (Å²) < 4.78 is 10.4. The van der Waals surface area contributed by atoms with Crippen LogP contribution in [0.25, 0.3) is 5.76 Å². The molecule has 0 bridgehead atoms. The molecule has 1 unspecified atom stereocenters. The van der Waals surface area contributed by atoms with E-state index < -0.39 is 23.7 Å². The molecule has 0 spiro atoms. The standard InChI is InChI=1S/C29H27NO6/c1-5-19-6-10-21(11-7-19)30-26(20-8-12-22(13-9-20)36-18(3)31)25(28(33)29(30)34)27(32)24-15-14-23(35-4)16-17(24)2/h6-16,26,32H,5H2,1-4H3/b27-25-. The van der Waals surface area contributed by atoms with Gasteiger partial charge >= 0.3 is 5.97 Å². The van der Waals surface area contributed by atoms with Gasteiger partial charge in [0.1, 0.15) is 17.3 Å². The zero-order valence-electron chi connectivity index (χ0n) is 20.6. The molecule has 7 nitrogen and oxygen atoms in total. The molecule has 1 heterocycles. The van der Waals surface area contributed by atoms with Gasteiger partial charge in [-0.05, 0) is 72.5 Å². The minimum absolute atomic E-state index is 0.0203. The molecule has 1 fully saturated rings.